The van der Waals surface area contributed by atoms with Crippen molar-refractivity contribution < 1.29 is 8.42 Å². The highest BCUT2D eigenvalue weighted by Crippen LogP contribution is 2.28. The lowest BCUT2D eigenvalue weighted by Gasteiger charge is -2.27. The first-order valence-electron chi connectivity index (χ1n) is 6.53. The molecule has 1 fully saturated rings. The summed E-state index contributed by atoms with van der Waals surface area (Å²) < 4.78 is 27.5. The second-order valence-corrected chi connectivity index (χ2v) is 7.65. The molecule has 0 radical (unpaired) electrons. The number of nitrogen functional groups attached to an aromatic ring is 1. The molecule has 1 aromatic rings. The van der Waals surface area contributed by atoms with Gasteiger partial charge in [0, 0.05) is 17.5 Å². The highest BCUT2D eigenvalue weighted by atomic mass is 32.2. The standard InChI is InChI=1S/C12H20N4O2S2/c1-19-10-6-4-9(5-7-10)16-20(17,18)11-3-2-8-14-12(11)15-13/h2-3,8-10,16H,4-7,13H2,1H3,(H,14,15). The van der Waals surface area contributed by atoms with Crippen LogP contribution in [-0.4, -0.2) is 30.9 Å². The molecule has 0 bridgehead atoms. The van der Waals surface area contributed by atoms with Gasteiger partial charge < -0.3 is 5.43 Å². The molecule has 0 aromatic carbocycles. The summed E-state index contributed by atoms with van der Waals surface area (Å²) in [7, 11) is -3.59. The fourth-order valence-corrected chi connectivity index (χ4v) is 4.58. The minimum Gasteiger partial charge on any atom is -0.307 e. The molecule has 0 spiro atoms. The van der Waals surface area contributed by atoms with Crippen molar-refractivity contribution in [3.63, 3.8) is 0 Å². The van der Waals surface area contributed by atoms with Crippen LogP contribution in [0.25, 0.3) is 0 Å². The maximum Gasteiger partial charge on any atom is 0.244 e. The maximum atomic E-state index is 12.4. The second-order valence-electron chi connectivity index (χ2n) is 4.83. The van der Waals surface area contributed by atoms with Crippen LogP contribution in [0, 0.1) is 0 Å². The zero-order valence-corrected chi connectivity index (χ0v) is 13.0. The van der Waals surface area contributed by atoms with Gasteiger partial charge in [-0.05, 0) is 44.1 Å². The van der Waals surface area contributed by atoms with E-state index in [0.29, 0.717) is 5.25 Å². The average molecular weight is 316 g/mol. The van der Waals surface area contributed by atoms with Crippen LogP contribution in [0.4, 0.5) is 5.82 Å². The summed E-state index contributed by atoms with van der Waals surface area (Å²) in [5, 5.41) is 0.649. The topological polar surface area (TPSA) is 97.1 Å². The molecule has 8 heteroatoms. The van der Waals surface area contributed by atoms with Crippen LogP contribution < -0.4 is 16.0 Å². The Balaban J connectivity index is 2.08. The minimum absolute atomic E-state index is 0.00534. The number of sulfonamides is 1. The van der Waals surface area contributed by atoms with Crippen LogP contribution in [-0.2, 0) is 10.0 Å². The van der Waals surface area contributed by atoms with Crippen LogP contribution in [0.5, 0.6) is 0 Å². The normalized spacial score (nSPS) is 23.5. The summed E-state index contributed by atoms with van der Waals surface area (Å²) in [4.78, 5) is 4.02. The average Bonchev–Trinajstić information content (AvgIpc) is 2.47. The Labute approximate surface area is 123 Å². The summed E-state index contributed by atoms with van der Waals surface area (Å²) in [5.74, 6) is 5.47. The number of hydrazine groups is 1. The fraction of sp³-hybridized carbons (Fsp3) is 0.583. The SMILES string of the molecule is CSC1CCC(NS(=O)(=O)c2cccnc2NN)CC1. The first-order valence-corrected chi connectivity index (χ1v) is 9.30. The van der Waals surface area contributed by atoms with E-state index in [2.05, 4.69) is 21.4 Å². The molecule has 1 heterocycles. The molecule has 112 valence electrons. The summed E-state index contributed by atoms with van der Waals surface area (Å²) in [6.45, 7) is 0. The Kier molecular flexibility index (Phi) is 5.25. The van der Waals surface area contributed by atoms with Gasteiger partial charge in [-0.3, -0.25) is 0 Å². The third-order valence-electron chi connectivity index (χ3n) is 3.53. The van der Waals surface area contributed by atoms with Crippen molar-refractivity contribution in [3.05, 3.63) is 18.3 Å². The highest BCUT2D eigenvalue weighted by Gasteiger charge is 2.26. The van der Waals surface area contributed by atoms with E-state index in [-0.39, 0.29) is 16.8 Å². The van der Waals surface area contributed by atoms with Gasteiger partial charge in [-0.2, -0.15) is 11.8 Å². The minimum atomic E-state index is -3.59. The predicted octanol–water partition coefficient (Wildman–Crippen LogP) is 1.32. The smallest absolute Gasteiger partial charge is 0.244 e. The van der Waals surface area contributed by atoms with Gasteiger partial charge in [-0.15, -0.1) is 0 Å². The Bertz CT molecular complexity index is 542. The molecule has 1 saturated carbocycles. The summed E-state index contributed by atoms with van der Waals surface area (Å²) >= 11 is 1.85. The zero-order valence-electron chi connectivity index (χ0n) is 11.4. The molecule has 1 aromatic heterocycles. The molecule has 0 atom stereocenters. The molecular weight excluding hydrogens is 296 g/mol. The summed E-state index contributed by atoms with van der Waals surface area (Å²) in [6.07, 6.45) is 7.43. The summed E-state index contributed by atoms with van der Waals surface area (Å²) in [6, 6.07) is 3.08. The fourth-order valence-electron chi connectivity index (χ4n) is 2.42. The van der Waals surface area contributed by atoms with E-state index >= 15 is 0 Å². The molecular formula is C12H20N4O2S2. The lowest BCUT2D eigenvalue weighted by molar-refractivity contribution is 0.420. The largest absolute Gasteiger partial charge is 0.307 e. The number of rotatable bonds is 5. The molecule has 0 saturated heterocycles. The maximum absolute atomic E-state index is 12.4. The molecule has 0 aliphatic heterocycles. The number of pyridine rings is 1. The number of nitrogens with one attached hydrogen (secondary N) is 2. The van der Waals surface area contributed by atoms with Crippen molar-refractivity contribution in [1.29, 1.82) is 0 Å². The van der Waals surface area contributed by atoms with E-state index in [9.17, 15) is 8.42 Å². The number of nitrogens with zero attached hydrogens (tertiary/aromatic N) is 1. The van der Waals surface area contributed by atoms with Crippen molar-refractivity contribution >= 4 is 27.6 Å². The van der Waals surface area contributed by atoms with Crippen LogP contribution >= 0.6 is 11.8 Å². The number of nitrogens with two attached hydrogens (primary N) is 1. The van der Waals surface area contributed by atoms with Gasteiger partial charge in [0.05, 0.1) is 0 Å². The van der Waals surface area contributed by atoms with E-state index in [1.165, 1.54) is 12.3 Å². The van der Waals surface area contributed by atoms with Crippen molar-refractivity contribution in [2.75, 3.05) is 11.7 Å². The van der Waals surface area contributed by atoms with Crippen LogP contribution in [0.2, 0.25) is 0 Å². The van der Waals surface area contributed by atoms with E-state index in [1.807, 2.05) is 11.8 Å². The molecule has 1 aliphatic rings. The molecule has 4 N–H and O–H groups in total. The van der Waals surface area contributed by atoms with Crippen LogP contribution in [0.3, 0.4) is 0 Å². The summed E-state index contributed by atoms with van der Waals surface area (Å²) in [5.41, 5.74) is 2.32. The molecule has 1 aliphatic carbocycles. The van der Waals surface area contributed by atoms with Gasteiger partial charge in [0.2, 0.25) is 10.0 Å². The number of hydrogen-bond acceptors (Lipinski definition) is 6. The third kappa shape index (κ3) is 3.63. The van der Waals surface area contributed by atoms with E-state index in [0.717, 1.165) is 25.7 Å². The predicted molar refractivity (Wildman–Crippen MR) is 81.9 cm³/mol. The number of hydrogen-bond donors (Lipinski definition) is 3. The molecule has 0 amide bonds. The van der Waals surface area contributed by atoms with E-state index in [4.69, 9.17) is 5.84 Å². The second kappa shape index (κ2) is 6.75. The first kappa shape index (κ1) is 15.6. The molecule has 0 unspecified atom stereocenters. The monoisotopic (exact) mass is 316 g/mol. The van der Waals surface area contributed by atoms with Crippen molar-refractivity contribution in [3.8, 4) is 0 Å². The van der Waals surface area contributed by atoms with Crippen molar-refractivity contribution in [2.45, 2.75) is 41.9 Å². The Morgan fingerprint density at radius 1 is 1.35 bits per heavy atom. The quantitative estimate of drug-likeness (QED) is 0.560. The highest BCUT2D eigenvalue weighted by molar-refractivity contribution is 7.99. The molecule has 20 heavy (non-hydrogen) atoms. The van der Waals surface area contributed by atoms with Gasteiger partial charge in [-0.1, -0.05) is 0 Å². The number of aromatic nitrogens is 1. The number of anilines is 1. The van der Waals surface area contributed by atoms with Crippen LogP contribution in [0.15, 0.2) is 23.2 Å². The van der Waals surface area contributed by atoms with E-state index in [1.54, 1.807) is 6.07 Å². The number of thioether (sulfide) groups is 1. The molecule has 2 rings (SSSR count). The lowest BCUT2D eigenvalue weighted by atomic mass is 9.96. The van der Waals surface area contributed by atoms with Crippen LogP contribution in [0.1, 0.15) is 25.7 Å². The van der Waals surface area contributed by atoms with Gasteiger partial charge in [0.25, 0.3) is 0 Å². The van der Waals surface area contributed by atoms with E-state index < -0.39 is 10.0 Å². The van der Waals surface area contributed by atoms with Gasteiger partial charge >= 0.3 is 0 Å². The van der Waals surface area contributed by atoms with Gasteiger partial charge in [0.15, 0.2) is 5.82 Å². The Morgan fingerprint density at radius 3 is 2.65 bits per heavy atom. The van der Waals surface area contributed by atoms with Crippen molar-refractivity contribution in [1.82, 2.24) is 9.71 Å². The lowest BCUT2D eigenvalue weighted by Crippen LogP contribution is -2.38. The van der Waals surface area contributed by atoms with Gasteiger partial charge in [0.1, 0.15) is 4.90 Å². The first-order chi connectivity index (χ1) is 9.56. The molecule has 6 nitrogen and oxygen atoms in total. The zero-order chi connectivity index (χ0) is 14.6. The Hall–Kier alpha value is -0.830. The third-order valence-corrected chi connectivity index (χ3v) is 6.22. The Morgan fingerprint density at radius 2 is 2.05 bits per heavy atom. The van der Waals surface area contributed by atoms with Gasteiger partial charge in [-0.25, -0.2) is 24.0 Å². The van der Waals surface area contributed by atoms with Crippen molar-refractivity contribution in [2.24, 2.45) is 5.84 Å².